The van der Waals surface area contributed by atoms with Gasteiger partial charge < -0.3 is 5.32 Å². The lowest BCUT2D eigenvalue weighted by atomic mass is 10.1. The Morgan fingerprint density at radius 1 is 1.35 bits per heavy atom. The summed E-state index contributed by atoms with van der Waals surface area (Å²) in [6.45, 7) is 2.05. The Hall–Kier alpha value is -0.950. The molecule has 0 amide bonds. The molecule has 0 atom stereocenters. The van der Waals surface area contributed by atoms with E-state index < -0.39 is 0 Å². The minimum absolute atomic E-state index is 0.340. The van der Waals surface area contributed by atoms with E-state index in [0.717, 1.165) is 27.1 Å². The Balaban J connectivity index is 2.38. The van der Waals surface area contributed by atoms with Crippen LogP contribution in [0.2, 0.25) is 5.02 Å². The summed E-state index contributed by atoms with van der Waals surface area (Å²) in [6, 6.07) is 4.38. The van der Waals surface area contributed by atoms with E-state index >= 15 is 0 Å². The zero-order chi connectivity index (χ0) is 14.7. The first-order valence-electron chi connectivity index (χ1n) is 6.22. The van der Waals surface area contributed by atoms with Crippen molar-refractivity contribution in [3.8, 4) is 0 Å². The molecule has 106 valence electrons. The summed E-state index contributed by atoms with van der Waals surface area (Å²) in [6.07, 6.45) is 1.32. The Kier molecular flexibility index (Phi) is 5.15. The fourth-order valence-corrected chi connectivity index (χ4v) is 2.99. The molecule has 1 heterocycles. The van der Waals surface area contributed by atoms with E-state index in [2.05, 4.69) is 44.8 Å². The lowest BCUT2D eigenvalue weighted by Gasteiger charge is -2.10. The largest absolute Gasteiger partial charge is 0.372 e. The highest BCUT2D eigenvalue weighted by Crippen LogP contribution is 2.23. The van der Waals surface area contributed by atoms with Crippen molar-refractivity contribution in [2.45, 2.75) is 19.8 Å². The number of hydrogen-bond donors (Lipinski definition) is 1. The summed E-state index contributed by atoms with van der Waals surface area (Å²) >= 11 is 8.28. The molecule has 0 saturated carbocycles. The second-order valence-corrected chi connectivity index (χ2v) is 5.75. The summed E-state index contributed by atoms with van der Waals surface area (Å²) in [5, 5.41) is 3.47. The fourth-order valence-electron chi connectivity index (χ4n) is 1.86. The highest BCUT2D eigenvalue weighted by molar-refractivity contribution is 14.1. The smallest absolute Gasteiger partial charge is 0.143 e. The van der Waals surface area contributed by atoms with Gasteiger partial charge in [-0.3, -0.25) is 0 Å². The summed E-state index contributed by atoms with van der Waals surface area (Å²) in [5.74, 6) is 1.15. The van der Waals surface area contributed by atoms with Gasteiger partial charge in [-0.2, -0.15) is 0 Å². The van der Waals surface area contributed by atoms with Crippen molar-refractivity contribution < 1.29 is 4.39 Å². The third-order valence-electron chi connectivity index (χ3n) is 2.90. The van der Waals surface area contributed by atoms with Crippen molar-refractivity contribution in [1.29, 1.82) is 0 Å². The molecule has 6 heteroatoms. The SMILES string of the molecule is CCc1nc(Cc2ccc(F)cc2Cl)nc(NC)c1I. The monoisotopic (exact) mass is 405 g/mol. The van der Waals surface area contributed by atoms with Gasteiger partial charge >= 0.3 is 0 Å². The van der Waals surface area contributed by atoms with Crippen molar-refractivity contribution in [2.75, 3.05) is 12.4 Å². The van der Waals surface area contributed by atoms with Crippen LogP contribution in [0.25, 0.3) is 0 Å². The van der Waals surface area contributed by atoms with Gasteiger partial charge in [0.15, 0.2) is 0 Å². The maximum Gasteiger partial charge on any atom is 0.143 e. The van der Waals surface area contributed by atoms with Crippen LogP contribution in [0.4, 0.5) is 10.2 Å². The van der Waals surface area contributed by atoms with Gasteiger partial charge in [0.25, 0.3) is 0 Å². The van der Waals surface area contributed by atoms with Crippen molar-refractivity contribution in [1.82, 2.24) is 9.97 Å². The predicted octanol–water partition coefficient (Wildman–Crippen LogP) is 4.07. The molecular weight excluding hydrogens is 392 g/mol. The number of nitrogens with zero attached hydrogens (tertiary/aromatic N) is 2. The Morgan fingerprint density at radius 3 is 2.70 bits per heavy atom. The Labute approximate surface area is 136 Å². The van der Waals surface area contributed by atoms with Gasteiger partial charge in [0.05, 0.1) is 9.26 Å². The minimum Gasteiger partial charge on any atom is -0.372 e. The first-order chi connectivity index (χ1) is 9.55. The van der Waals surface area contributed by atoms with Gasteiger partial charge in [0.1, 0.15) is 17.5 Å². The second kappa shape index (κ2) is 6.67. The van der Waals surface area contributed by atoms with Crippen LogP contribution in [0.15, 0.2) is 18.2 Å². The van der Waals surface area contributed by atoms with Gasteiger partial charge in [-0.1, -0.05) is 24.6 Å². The molecule has 1 aromatic heterocycles. The number of nitrogens with one attached hydrogen (secondary N) is 1. The molecular formula is C14H14ClFIN3. The molecule has 0 bridgehead atoms. The number of anilines is 1. The van der Waals surface area contributed by atoms with Crippen molar-refractivity contribution in [2.24, 2.45) is 0 Å². The fraction of sp³-hybridized carbons (Fsp3) is 0.286. The maximum atomic E-state index is 13.0. The summed E-state index contributed by atoms with van der Waals surface area (Å²) in [7, 11) is 1.83. The van der Waals surface area contributed by atoms with Crippen LogP contribution in [0.5, 0.6) is 0 Å². The Morgan fingerprint density at radius 2 is 2.10 bits per heavy atom. The number of aryl methyl sites for hydroxylation is 1. The third-order valence-corrected chi connectivity index (χ3v) is 4.39. The van der Waals surface area contributed by atoms with Gasteiger partial charge in [0, 0.05) is 18.5 Å². The van der Waals surface area contributed by atoms with Crippen molar-refractivity contribution in [3.63, 3.8) is 0 Å². The number of hydrogen-bond acceptors (Lipinski definition) is 3. The van der Waals surface area contributed by atoms with E-state index in [1.165, 1.54) is 12.1 Å². The van der Waals surface area contributed by atoms with Gasteiger partial charge in [-0.25, -0.2) is 14.4 Å². The Bertz CT molecular complexity index is 609. The number of halogens is 3. The van der Waals surface area contributed by atoms with Crippen LogP contribution >= 0.6 is 34.2 Å². The quantitative estimate of drug-likeness (QED) is 0.779. The average molecular weight is 406 g/mol. The van der Waals surface area contributed by atoms with Gasteiger partial charge in [0.2, 0.25) is 0 Å². The molecule has 3 nitrogen and oxygen atoms in total. The lowest BCUT2D eigenvalue weighted by Crippen LogP contribution is -2.08. The molecule has 0 saturated heterocycles. The highest BCUT2D eigenvalue weighted by Gasteiger charge is 2.12. The molecule has 0 aliphatic heterocycles. The number of benzene rings is 1. The molecule has 2 aromatic rings. The standard InChI is InChI=1S/C14H14ClFIN3/c1-3-11-13(17)14(18-2)20-12(19-11)6-8-4-5-9(16)7-10(8)15/h4-5,7H,3,6H2,1-2H3,(H,18,19,20). The maximum absolute atomic E-state index is 13.0. The first kappa shape index (κ1) is 15.4. The third kappa shape index (κ3) is 3.38. The molecule has 0 unspecified atom stereocenters. The molecule has 2 rings (SSSR count). The second-order valence-electron chi connectivity index (χ2n) is 4.27. The molecule has 0 aliphatic rings. The molecule has 0 fully saturated rings. The highest BCUT2D eigenvalue weighted by atomic mass is 127. The van der Waals surface area contributed by atoms with E-state index in [-0.39, 0.29) is 5.82 Å². The summed E-state index contributed by atoms with van der Waals surface area (Å²) in [5.41, 5.74) is 1.82. The van der Waals surface area contributed by atoms with Crippen LogP contribution in [-0.2, 0) is 12.8 Å². The van der Waals surface area contributed by atoms with E-state index in [1.54, 1.807) is 6.07 Å². The van der Waals surface area contributed by atoms with Crippen LogP contribution in [0, 0.1) is 9.39 Å². The summed E-state index contributed by atoms with van der Waals surface area (Å²) in [4.78, 5) is 9.02. The van der Waals surface area contributed by atoms with E-state index in [4.69, 9.17) is 11.6 Å². The zero-order valence-electron chi connectivity index (χ0n) is 11.2. The van der Waals surface area contributed by atoms with Crippen LogP contribution in [-0.4, -0.2) is 17.0 Å². The average Bonchev–Trinajstić information content (AvgIpc) is 2.43. The first-order valence-corrected chi connectivity index (χ1v) is 7.67. The van der Waals surface area contributed by atoms with Crippen molar-refractivity contribution >= 4 is 40.0 Å². The van der Waals surface area contributed by atoms with Gasteiger partial charge in [-0.15, -0.1) is 0 Å². The topological polar surface area (TPSA) is 37.8 Å². The van der Waals surface area contributed by atoms with Crippen LogP contribution in [0.1, 0.15) is 24.0 Å². The van der Waals surface area contributed by atoms with E-state index in [9.17, 15) is 4.39 Å². The normalized spacial score (nSPS) is 10.7. The lowest BCUT2D eigenvalue weighted by molar-refractivity contribution is 0.627. The van der Waals surface area contributed by atoms with E-state index in [0.29, 0.717) is 17.3 Å². The molecule has 1 N–H and O–H groups in total. The molecule has 20 heavy (non-hydrogen) atoms. The van der Waals surface area contributed by atoms with Gasteiger partial charge in [-0.05, 0) is 46.7 Å². The summed E-state index contributed by atoms with van der Waals surface area (Å²) < 4.78 is 14.1. The molecule has 1 aromatic carbocycles. The number of aromatic nitrogens is 2. The minimum atomic E-state index is -0.340. The predicted molar refractivity (Wildman–Crippen MR) is 87.9 cm³/mol. The number of rotatable bonds is 4. The van der Waals surface area contributed by atoms with Crippen molar-refractivity contribution in [3.05, 3.63) is 49.7 Å². The zero-order valence-corrected chi connectivity index (χ0v) is 14.1. The molecule has 0 radical (unpaired) electrons. The van der Waals surface area contributed by atoms with E-state index in [1.807, 2.05) is 7.05 Å². The molecule has 0 aliphatic carbocycles. The van der Waals surface area contributed by atoms with Crippen LogP contribution < -0.4 is 5.32 Å². The van der Waals surface area contributed by atoms with Crippen LogP contribution in [0.3, 0.4) is 0 Å². The molecule has 0 spiro atoms.